The van der Waals surface area contributed by atoms with E-state index in [4.69, 9.17) is 0 Å². The van der Waals surface area contributed by atoms with Crippen molar-refractivity contribution in [1.29, 1.82) is 0 Å². The maximum absolute atomic E-state index is 12.0. The normalized spacial score (nSPS) is 10.1. The van der Waals surface area contributed by atoms with Gasteiger partial charge in [-0.3, -0.25) is 9.78 Å². The third-order valence-corrected chi connectivity index (χ3v) is 3.25. The fourth-order valence-corrected chi connectivity index (χ4v) is 2.06. The van der Waals surface area contributed by atoms with E-state index >= 15 is 0 Å². The zero-order valence-corrected chi connectivity index (χ0v) is 12.4. The van der Waals surface area contributed by atoms with Crippen LogP contribution in [0.25, 0.3) is 0 Å². The highest BCUT2D eigenvalue weighted by molar-refractivity contribution is 6.04. The lowest BCUT2D eigenvalue weighted by molar-refractivity contribution is 0.102. The molecule has 0 aliphatic heterocycles. The second-order valence-corrected chi connectivity index (χ2v) is 4.97. The third-order valence-electron chi connectivity index (χ3n) is 3.25. The van der Waals surface area contributed by atoms with Crippen LogP contribution in [-0.4, -0.2) is 15.9 Å². The molecule has 0 saturated heterocycles. The number of nitrogens with zero attached hydrogens (tertiary/aromatic N) is 2. The third kappa shape index (κ3) is 4.14. The van der Waals surface area contributed by atoms with Crippen molar-refractivity contribution < 1.29 is 4.79 Å². The molecule has 0 aliphatic rings. The standard InChI is InChI=1S/C18H16N4O/c23-18(15-6-2-1-3-7-15)22-16-8-9-17(21-13-16)20-12-14-5-4-10-19-11-14/h1-11,13H,12H2,(H,20,21)(H,22,23). The fourth-order valence-electron chi connectivity index (χ4n) is 2.06. The highest BCUT2D eigenvalue weighted by atomic mass is 16.1. The Morgan fingerprint density at radius 2 is 1.83 bits per heavy atom. The Bertz CT molecular complexity index is 758. The maximum atomic E-state index is 12.0. The minimum atomic E-state index is -0.150. The van der Waals surface area contributed by atoms with Gasteiger partial charge in [0.1, 0.15) is 5.82 Å². The van der Waals surface area contributed by atoms with E-state index in [9.17, 15) is 4.79 Å². The van der Waals surface area contributed by atoms with E-state index in [1.165, 1.54) is 0 Å². The van der Waals surface area contributed by atoms with Crippen LogP contribution in [0.15, 0.2) is 73.2 Å². The average Bonchev–Trinajstić information content (AvgIpc) is 2.63. The zero-order valence-electron chi connectivity index (χ0n) is 12.4. The number of anilines is 2. The summed E-state index contributed by atoms with van der Waals surface area (Å²) in [6, 6.07) is 16.6. The molecule has 1 amide bonds. The Labute approximate surface area is 134 Å². The molecule has 0 bridgehead atoms. The van der Waals surface area contributed by atoms with Gasteiger partial charge >= 0.3 is 0 Å². The lowest BCUT2D eigenvalue weighted by atomic mass is 10.2. The lowest BCUT2D eigenvalue weighted by Crippen LogP contribution is -2.12. The summed E-state index contributed by atoms with van der Waals surface area (Å²) in [7, 11) is 0. The molecule has 0 fully saturated rings. The first-order chi connectivity index (χ1) is 11.3. The van der Waals surface area contributed by atoms with Gasteiger partial charge in [-0.05, 0) is 35.9 Å². The molecule has 0 atom stereocenters. The van der Waals surface area contributed by atoms with Crippen LogP contribution < -0.4 is 10.6 Å². The summed E-state index contributed by atoms with van der Waals surface area (Å²) in [6.45, 7) is 0.649. The topological polar surface area (TPSA) is 66.9 Å². The summed E-state index contributed by atoms with van der Waals surface area (Å²) in [6.07, 6.45) is 5.18. The maximum Gasteiger partial charge on any atom is 0.255 e. The summed E-state index contributed by atoms with van der Waals surface area (Å²) >= 11 is 0. The predicted octanol–water partition coefficient (Wildman–Crippen LogP) is 3.34. The second kappa shape index (κ2) is 7.17. The molecule has 2 heterocycles. The summed E-state index contributed by atoms with van der Waals surface area (Å²) in [5.74, 6) is 0.593. The van der Waals surface area contributed by atoms with E-state index in [-0.39, 0.29) is 5.91 Å². The van der Waals surface area contributed by atoms with Crippen LogP contribution in [0.2, 0.25) is 0 Å². The van der Waals surface area contributed by atoms with E-state index < -0.39 is 0 Å². The van der Waals surface area contributed by atoms with Crippen molar-refractivity contribution in [3.05, 3.63) is 84.3 Å². The number of carbonyl (C=O) groups is 1. The van der Waals surface area contributed by atoms with Crippen LogP contribution in [0.1, 0.15) is 15.9 Å². The van der Waals surface area contributed by atoms with Crippen LogP contribution in [-0.2, 0) is 6.54 Å². The molecule has 2 N–H and O–H groups in total. The molecule has 3 rings (SSSR count). The number of hydrogen-bond acceptors (Lipinski definition) is 4. The van der Waals surface area contributed by atoms with Gasteiger partial charge in [-0.2, -0.15) is 0 Å². The molecule has 3 aromatic rings. The van der Waals surface area contributed by atoms with Crippen molar-refractivity contribution in [2.75, 3.05) is 10.6 Å². The van der Waals surface area contributed by atoms with E-state index in [0.717, 1.165) is 11.4 Å². The Balaban J connectivity index is 1.58. The molecular formula is C18H16N4O. The van der Waals surface area contributed by atoms with Gasteiger partial charge in [-0.25, -0.2) is 4.98 Å². The molecule has 5 nitrogen and oxygen atoms in total. The summed E-state index contributed by atoms with van der Waals surface area (Å²) in [4.78, 5) is 20.4. The Morgan fingerprint density at radius 1 is 0.957 bits per heavy atom. The molecule has 0 spiro atoms. The van der Waals surface area contributed by atoms with Gasteiger partial charge in [-0.1, -0.05) is 24.3 Å². The number of rotatable bonds is 5. The van der Waals surface area contributed by atoms with Gasteiger partial charge in [0.2, 0.25) is 0 Å². The lowest BCUT2D eigenvalue weighted by Gasteiger charge is -2.08. The van der Waals surface area contributed by atoms with Gasteiger partial charge in [0.05, 0.1) is 11.9 Å². The van der Waals surface area contributed by atoms with Gasteiger partial charge < -0.3 is 10.6 Å². The fraction of sp³-hybridized carbons (Fsp3) is 0.0556. The van der Waals surface area contributed by atoms with Crippen molar-refractivity contribution in [2.45, 2.75) is 6.54 Å². The number of aromatic nitrogens is 2. The summed E-state index contributed by atoms with van der Waals surface area (Å²) < 4.78 is 0. The van der Waals surface area contributed by atoms with Crippen LogP contribution in [0.3, 0.4) is 0 Å². The van der Waals surface area contributed by atoms with Gasteiger partial charge in [-0.15, -0.1) is 0 Å². The molecule has 114 valence electrons. The first kappa shape index (κ1) is 14.7. The van der Waals surface area contributed by atoms with Crippen LogP contribution >= 0.6 is 0 Å². The number of hydrogen-bond donors (Lipinski definition) is 2. The van der Waals surface area contributed by atoms with Crippen molar-refractivity contribution in [3.63, 3.8) is 0 Å². The molecule has 23 heavy (non-hydrogen) atoms. The zero-order chi connectivity index (χ0) is 15.9. The smallest absolute Gasteiger partial charge is 0.255 e. The Hall–Kier alpha value is -3.21. The molecule has 0 unspecified atom stereocenters. The van der Waals surface area contributed by atoms with Crippen LogP contribution in [0.5, 0.6) is 0 Å². The largest absolute Gasteiger partial charge is 0.366 e. The molecule has 1 aromatic carbocycles. The van der Waals surface area contributed by atoms with E-state index in [2.05, 4.69) is 20.6 Å². The van der Waals surface area contributed by atoms with E-state index in [1.54, 1.807) is 30.7 Å². The van der Waals surface area contributed by atoms with Crippen molar-refractivity contribution in [3.8, 4) is 0 Å². The summed E-state index contributed by atoms with van der Waals surface area (Å²) in [5.41, 5.74) is 2.35. The molecular weight excluding hydrogens is 288 g/mol. The number of nitrogens with one attached hydrogen (secondary N) is 2. The van der Waals surface area contributed by atoms with E-state index in [1.807, 2.05) is 42.5 Å². The SMILES string of the molecule is O=C(Nc1ccc(NCc2cccnc2)nc1)c1ccccc1. The van der Waals surface area contributed by atoms with Gasteiger partial charge in [0.15, 0.2) is 0 Å². The average molecular weight is 304 g/mol. The van der Waals surface area contributed by atoms with Crippen molar-refractivity contribution in [2.24, 2.45) is 0 Å². The summed E-state index contributed by atoms with van der Waals surface area (Å²) in [5, 5.41) is 6.03. The van der Waals surface area contributed by atoms with Crippen molar-refractivity contribution in [1.82, 2.24) is 9.97 Å². The number of benzene rings is 1. The van der Waals surface area contributed by atoms with Crippen molar-refractivity contribution >= 4 is 17.4 Å². The second-order valence-electron chi connectivity index (χ2n) is 4.97. The number of amides is 1. The number of carbonyl (C=O) groups excluding carboxylic acids is 1. The first-order valence-electron chi connectivity index (χ1n) is 7.26. The van der Waals surface area contributed by atoms with E-state index in [0.29, 0.717) is 17.8 Å². The quantitative estimate of drug-likeness (QED) is 0.758. The minimum Gasteiger partial charge on any atom is -0.366 e. The Kier molecular flexibility index (Phi) is 4.59. The molecule has 0 saturated carbocycles. The van der Waals surface area contributed by atoms with Crippen LogP contribution in [0, 0.1) is 0 Å². The highest BCUT2D eigenvalue weighted by Crippen LogP contribution is 2.12. The molecule has 5 heteroatoms. The highest BCUT2D eigenvalue weighted by Gasteiger charge is 2.05. The molecule has 0 aliphatic carbocycles. The number of pyridine rings is 2. The molecule has 0 radical (unpaired) electrons. The van der Waals surface area contributed by atoms with Gasteiger partial charge in [0, 0.05) is 24.5 Å². The minimum absolute atomic E-state index is 0.150. The predicted molar refractivity (Wildman–Crippen MR) is 90.2 cm³/mol. The first-order valence-corrected chi connectivity index (χ1v) is 7.26. The monoisotopic (exact) mass is 304 g/mol. The Morgan fingerprint density at radius 3 is 2.52 bits per heavy atom. The molecule has 2 aromatic heterocycles. The van der Waals surface area contributed by atoms with Crippen LogP contribution in [0.4, 0.5) is 11.5 Å². The van der Waals surface area contributed by atoms with Gasteiger partial charge in [0.25, 0.3) is 5.91 Å².